The Morgan fingerprint density at radius 3 is 2.55 bits per heavy atom. The average Bonchev–Trinajstić information content (AvgIpc) is 2.76. The molecule has 0 spiro atoms. The summed E-state index contributed by atoms with van der Waals surface area (Å²) in [6.07, 6.45) is 1.13. The molecule has 1 aliphatic carbocycles. The highest BCUT2D eigenvalue weighted by Crippen LogP contribution is 2.48. The summed E-state index contributed by atoms with van der Waals surface area (Å²) >= 11 is 3.56. The number of Topliss-reactive ketones (excluding diaryl/α,β-unsaturated/α-hetero) is 1. The van der Waals surface area contributed by atoms with Crippen molar-refractivity contribution in [1.82, 2.24) is 0 Å². The summed E-state index contributed by atoms with van der Waals surface area (Å²) in [5.74, 6) is -0.755. The Hall–Kier alpha value is -2.73. The molecule has 0 N–H and O–H groups in total. The first-order valence-corrected chi connectivity index (χ1v) is 11.8. The predicted molar refractivity (Wildman–Crippen MR) is 131 cm³/mol. The summed E-state index contributed by atoms with van der Waals surface area (Å²) in [7, 11) is 1.61. The average molecular weight is 510 g/mol. The van der Waals surface area contributed by atoms with Crippen LogP contribution in [0.1, 0.15) is 50.7 Å². The van der Waals surface area contributed by atoms with Crippen LogP contribution in [0.4, 0.5) is 0 Å². The molecule has 1 unspecified atom stereocenters. The van der Waals surface area contributed by atoms with Gasteiger partial charge in [0.15, 0.2) is 5.78 Å². The summed E-state index contributed by atoms with van der Waals surface area (Å²) in [5, 5.41) is 0. The van der Waals surface area contributed by atoms with E-state index in [-0.39, 0.29) is 23.8 Å². The molecule has 0 fully saturated rings. The Morgan fingerprint density at radius 2 is 1.88 bits per heavy atom. The second-order valence-corrected chi connectivity index (χ2v) is 10.4. The number of methoxy groups -OCH3 is 1. The summed E-state index contributed by atoms with van der Waals surface area (Å²) in [6.45, 7) is 6.20. The van der Waals surface area contributed by atoms with Gasteiger partial charge in [-0.2, -0.15) is 0 Å². The minimum Gasteiger partial charge on any atom is -0.496 e. The third-order valence-electron chi connectivity index (χ3n) is 6.31. The summed E-state index contributed by atoms with van der Waals surface area (Å²) in [6, 6.07) is 15.3. The zero-order valence-corrected chi connectivity index (χ0v) is 20.9. The molecule has 4 rings (SSSR count). The monoisotopic (exact) mass is 509 g/mol. The van der Waals surface area contributed by atoms with Crippen molar-refractivity contribution in [1.29, 1.82) is 0 Å². The maximum Gasteiger partial charge on any atom is 0.315 e. The molecule has 0 amide bonds. The van der Waals surface area contributed by atoms with E-state index in [0.717, 1.165) is 21.3 Å². The lowest BCUT2D eigenvalue weighted by Gasteiger charge is -2.39. The van der Waals surface area contributed by atoms with Gasteiger partial charge in [0.05, 0.1) is 11.6 Å². The van der Waals surface area contributed by atoms with Crippen LogP contribution in [0.2, 0.25) is 0 Å². The maximum atomic E-state index is 13.4. The number of benzene rings is 2. The van der Waals surface area contributed by atoms with E-state index in [4.69, 9.17) is 14.5 Å². The molecule has 0 saturated heterocycles. The molecule has 2 atom stereocenters. The van der Waals surface area contributed by atoms with Crippen molar-refractivity contribution in [2.75, 3.05) is 7.11 Å². The molecule has 0 saturated carbocycles. The number of nitrogens with zero attached hydrogens (tertiary/aromatic N) is 1. The van der Waals surface area contributed by atoms with Crippen molar-refractivity contribution in [2.24, 2.45) is 16.3 Å². The Balaban J connectivity index is 1.75. The number of allylic oxidation sites excluding steroid dienone is 2. The Kier molecular flexibility index (Phi) is 6.57. The zero-order chi connectivity index (χ0) is 23.8. The number of carbonyl (C=O) groups excluding carboxylic acids is 2. The number of rotatable bonds is 5. The molecule has 33 heavy (non-hydrogen) atoms. The lowest BCUT2D eigenvalue weighted by atomic mass is 9.67. The number of ketones is 1. The highest BCUT2D eigenvalue weighted by molar-refractivity contribution is 9.10. The van der Waals surface area contributed by atoms with Gasteiger partial charge in [-0.15, -0.1) is 0 Å². The number of hydrogen-bond acceptors (Lipinski definition) is 5. The number of esters is 1. The van der Waals surface area contributed by atoms with Crippen molar-refractivity contribution in [3.8, 4) is 5.75 Å². The first-order chi connectivity index (χ1) is 15.7. The molecule has 0 aromatic heterocycles. The third kappa shape index (κ3) is 4.81. The normalized spacial score (nSPS) is 21.8. The number of halogens is 1. The van der Waals surface area contributed by atoms with Crippen LogP contribution in [-0.2, 0) is 20.9 Å². The Labute approximate surface area is 203 Å². The lowest BCUT2D eigenvalue weighted by Crippen LogP contribution is -2.39. The van der Waals surface area contributed by atoms with Crippen LogP contribution in [0.5, 0.6) is 5.75 Å². The van der Waals surface area contributed by atoms with Crippen LogP contribution < -0.4 is 4.74 Å². The maximum absolute atomic E-state index is 13.4. The van der Waals surface area contributed by atoms with E-state index in [0.29, 0.717) is 29.9 Å². The highest BCUT2D eigenvalue weighted by Gasteiger charge is 2.46. The van der Waals surface area contributed by atoms with E-state index in [1.165, 1.54) is 0 Å². The molecular formula is C27H28BrNO4. The van der Waals surface area contributed by atoms with E-state index in [1.807, 2.05) is 55.5 Å². The van der Waals surface area contributed by atoms with E-state index >= 15 is 0 Å². The largest absolute Gasteiger partial charge is 0.496 e. The van der Waals surface area contributed by atoms with Crippen LogP contribution in [-0.4, -0.2) is 24.6 Å². The van der Waals surface area contributed by atoms with Gasteiger partial charge in [-0.25, -0.2) is 0 Å². The number of ether oxygens (including phenoxy) is 2. The van der Waals surface area contributed by atoms with E-state index < -0.39 is 11.8 Å². The molecule has 2 aliphatic rings. The number of hydrogen-bond donors (Lipinski definition) is 0. The van der Waals surface area contributed by atoms with Gasteiger partial charge in [-0.05, 0) is 57.9 Å². The SMILES string of the molecule is COc1ccc([C@H]2C3=C(CC(C)(C)CC3=O)N=C(C)C2C(=O)OCc2ccccc2)cc1Br. The summed E-state index contributed by atoms with van der Waals surface area (Å²) < 4.78 is 11.9. The molecule has 1 aliphatic heterocycles. The summed E-state index contributed by atoms with van der Waals surface area (Å²) in [4.78, 5) is 31.6. The van der Waals surface area contributed by atoms with E-state index in [9.17, 15) is 9.59 Å². The standard InChI is InChI=1S/C27H28BrNO4/c1-16-23(26(31)33-15-17-8-6-5-7-9-17)24(18-10-11-22(32-4)19(28)12-18)25-20(29-16)13-27(2,3)14-21(25)30/h5-12,23-24H,13-15H2,1-4H3/t23?,24-/m1/s1. The third-order valence-corrected chi connectivity index (χ3v) is 6.93. The Bertz CT molecular complexity index is 1150. The van der Waals surface area contributed by atoms with Crippen LogP contribution in [0, 0.1) is 11.3 Å². The van der Waals surface area contributed by atoms with Crippen LogP contribution >= 0.6 is 15.9 Å². The lowest BCUT2D eigenvalue weighted by molar-refractivity contribution is -0.148. The van der Waals surface area contributed by atoms with E-state index in [2.05, 4.69) is 29.8 Å². The predicted octanol–water partition coefficient (Wildman–Crippen LogP) is 6.02. The van der Waals surface area contributed by atoms with Gasteiger partial charge in [0.25, 0.3) is 0 Å². The molecule has 0 radical (unpaired) electrons. The minimum atomic E-state index is -0.669. The molecule has 1 heterocycles. The Morgan fingerprint density at radius 1 is 1.15 bits per heavy atom. The fourth-order valence-corrected chi connectivity index (χ4v) is 5.36. The first kappa shape index (κ1) is 23.4. The van der Waals surface area contributed by atoms with Gasteiger partial charge in [0.2, 0.25) is 0 Å². The van der Waals surface area contributed by atoms with Crippen molar-refractivity contribution in [3.05, 3.63) is 75.4 Å². The minimum absolute atomic E-state index is 0.0512. The van der Waals surface area contributed by atoms with Gasteiger partial charge in [-0.3, -0.25) is 14.6 Å². The van der Waals surface area contributed by atoms with E-state index in [1.54, 1.807) is 7.11 Å². The van der Waals surface area contributed by atoms with Gasteiger partial charge in [0, 0.05) is 29.3 Å². The quantitative estimate of drug-likeness (QED) is 0.462. The number of carbonyl (C=O) groups is 2. The second kappa shape index (κ2) is 9.26. The van der Waals surface area contributed by atoms with Crippen LogP contribution in [0.15, 0.2) is 69.3 Å². The summed E-state index contributed by atoms with van der Waals surface area (Å²) in [5.41, 5.74) is 3.71. The molecule has 6 heteroatoms. The van der Waals surface area contributed by atoms with Crippen molar-refractivity contribution in [3.63, 3.8) is 0 Å². The smallest absolute Gasteiger partial charge is 0.315 e. The molecule has 2 aromatic carbocycles. The fraction of sp³-hybridized carbons (Fsp3) is 0.370. The fourth-order valence-electron chi connectivity index (χ4n) is 4.81. The van der Waals surface area contributed by atoms with Crippen molar-refractivity contribution < 1.29 is 19.1 Å². The molecule has 5 nitrogen and oxygen atoms in total. The second-order valence-electron chi connectivity index (χ2n) is 9.50. The highest BCUT2D eigenvalue weighted by atomic mass is 79.9. The molecule has 172 valence electrons. The molecular weight excluding hydrogens is 482 g/mol. The van der Waals surface area contributed by atoms with Crippen molar-refractivity contribution >= 4 is 33.4 Å². The topological polar surface area (TPSA) is 65.0 Å². The van der Waals surface area contributed by atoms with Crippen LogP contribution in [0.25, 0.3) is 0 Å². The molecule has 0 bridgehead atoms. The van der Waals surface area contributed by atoms with Crippen LogP contribution in [0.3, 0.4) is 0 Å². The van der Waals surface area contributed by atoms with Crippen molar-refractivity contribution in [2.45, 2.75) is 46.1 Å². The first-order valence-electron chi connectivity index (χ1n) is 11.1. The molecule has 2 aromatic rings. The van der Waals surface area contributed by atoms with Gasteiger partial charge in [-0.1, -0.05) is 50.2 Å². The number of aliphatic imine (C=N–C) groups is 1. The zero-order valence-electron chi connectivity index (χ0n) is 19.4. The van der Waals surface area contributed by atoms with Gasteiger partial charge >= 0.3 is 5.97 Å². The van der Waals surface area contributed by atoms with Gasteiger partial charge in [0.1, 0.15) is 18.3 Å². The van der Waals surface area contributed by atoms with Gasteiger partial charge < -0.3 is 9.47 Å².